The van der Waals surface area contributed by atoms with Crippen molar-refractivity contribution in [2.24, 2.45) is 0 Å². The molecule has 0 fully saturated rings. The van der Waals surface area contributed by atoms with Crippen molar-refractivity contribution < 1.29 is 0 Å². The van der Waals surface area contributed by atoms with Crippen molar-refractivity contribution in [2.45, 2.75) is 5.41 Å². The highest BCUT2D eigenvalue weighted by molar-refractivity contribution is 6.12. The van der Waals surface area contributed by atoms with Gasteiger partial charge in [0.2, 0.25) is 0 Å². The van der Waals surface area contributed by atoms with E-state index in [0.717, 1.165) is 0 Å². The van der Waals surface area contributed by atoms with Crippen molar-refractivity contribution in [3.63, 3.8) is 0 Å². The van der Waals surface area contributed by atoms with Crippen LogP contribution < -0.4 is 0 Å². The summed E-state index contributed by atoms with van der Waals surface area (Å²) in [6.07, 6.45) is 3.88. The third kappa shape index (κ3) is 2.11. The third-order valence-corrected chi connectivity index (χ3v) is 6.98. The Balaban J connectivity index is 1.75. The zero-order chi connectivity index (χ0) is 21.1. The Labute approximate surface area is 186 Å². The molecule has 1 aliphatic rings. The monoisotopic (exact) mass is 408 g/mol. The highest BCUT2D eigenvalue weighted by Crippen LogP contribution is 2.58. The molecule has 1 unspecified atom stereocenters. The molecule has 1 atom stereocenters. The standard InChI is InChI=1S/C30H20N2/c1-2-9-20(10-3-1)30(21-11-8-18-31-19-21)26-14-6-4-12-22(26)24-16-17-25-23-13-5-7-15-27(23)32-29(25)28(24)30/h1-19,32H. The fourth-order valence-electron chi connectivity index (χ4n) is 5.75. The largest absolute Gasteiger partial charge is 0.354 e. The van der Waals surface area contributed by atoms with Gasteiger partial charge < -0.3 is 4.98 Å². The zero-order valence-corrected chi connectivity index (χ0v) is 17.4. The fourth-order valence-corrected chi connectivity index (χ4v) is 5.75. The molecule has 6 aromatic rings. The van der Waals surface area contributed by atoms with Gasteiger partial charge in [-0.3, -0.25) is 4.98 Å². The number of rotatable bonds is 2. The van der Waals surface area contributed by atoms with Gasteiger partial charge in [0.25, 0.3) is 0 Å². The maximum absolute atomic E-state index is 4.56. The van der Waals surface area contributed by atoms with Crippen LogP contribution in [0.2, 0.25) is 0 Å². The topological polar surface area (TPSA) is 28.7 Å². The van der Waals surface area contributed by atoms with E-state index in [-0.39, 0.29) is 0 Å². The first kappa shape index (κ1) is 17.5. The third-order valence-electron chi connectivity index (χ3n) is 6.98. The predicted molar refractivity (Wildman–Crippen MR) is 131 cm³/mol. The van der Waals surface area contributed by atoms with Crippen LogP contribution in [0.5, 0.6) is 0 Å². The van der Waals surface area contributed by atoms with E-state index in [9.17, 15) is 0 Å². The molecular formula is C30H20N2. The van der Waals surface area contributed by atoms with E-state index >= 15 is 0 Å². The SMILES string of the molecule is c1ccc(C2(c3cccnc3)c3ccccc3-c3ccc4c([nH]c5ccccc54)c32)cc1. The van der Waals surface area contributed by atoms with Gasteiger partial charge in [0.05, 0.1) is 10.9 Å². The molecule has 0 radical (unpaired) electrons. The molecule has 2 heterocycles. The van der Waals surface area contributed by atoms with Crippen LogP contribution in [0, 0.1) is 0 Å². The number of aromatic nitrogens is 2. The van der Waals surface area contributed by atoms with Gasteiger partial charge >= 0.3 is 0 Å². The number of nitrogens with zero attached hydrogens (tertiary/aromatic N) is 1. The summed E-state index contributed by atoms with van der Waals surface area (Å²) in [4.78, 5) is 8.35. The second-order valence-corrected chi connectivity index (χ2v) is 8.48. The first-order valence-corrected chi connectivity index (χ1v) is 11.0. The predicted octanol–water partition coefficient (Wildman–Crippen LogP) is 7.08. The Kier molecular flexibility index (Phi) is 3.51. The molecule has 150 valence electrons. The van der Waals surface area contributed by atoms with Crippen molar-refractivity contribution in [1.82, 2.24) is 9.97 Å². The molecule has 0 bridgehead atoms. The maximum atomic E-state index is 4.56. The molecule has 2 aromatic heterocycles. The Morgan fingerprint density at radius 2 is 1.38 bits per heavy atom. The molecule has 0 aliphatic heterocycles. The molecule has 1 aliphatic carbocycles. The zero-order valence-electron chi connectivity index (χ0n) is 17.4. The number of pyridine rings is 1. The van der Waals surface area contributed by atoms with E-state index in [2.05, 4.69) is 107 Å². The number of hydrogen-bond donors (Lipinski definition) is 1. The Morgan fingerprint density at radius 1 is 0.594 bits per heavy atom. The van der Waals surface area contributed by atoms with Crippen LogP contribution in [-0.4, -0.2) is 9.97 Å². The minimum atomic E-state index is -0.443. The molecule has 32 heavy (non-hydrogen) atoms. The van der Waals surface area contributed by atoms with Gasteiger partial charge in [-0.2, -0.15) is 0 Å². The van der Waals surface area contributed by atoms with E-state index in [1.807, 2.05) is 18.5 Å². The molecule has 0 saturated heterocycles. The second-order valence-electron chi connectivity index (χ2n) is 8.48. The van der Waals surface area contributed by atoms with E-state index in [1.165, 1.54) is 55.2 Å². The maximum Gasteiger partial charge on any atom is 0.0749 e. The summed E-state index contributed by atoms with van der Waals surface area (Å²) >= 11 is 0. The second kappa shape index (κ2) is 6.41. The quantitative estimate of drug-likeness (QED) is 0.325. The van der Waals surface area contributed by atoms with Crippen molar-refractivity contribution in [3.8, 4) is 11.1 Å². The number of benzene rings is 4. The highest BCUT2D eigenvalue weighted by Gasteiger charge is 2.47. The van der Waals surface area contributed by atoms with Crippen molar-refractivity contribution in [2.75, 3.05) is 0 Å². The molecule has 0 spiro atoms. The fraction of sp³-hybridized carbons (Fsp3) is 0.0333. The van der Waals surface area contributed by atoms with Gasteiger partial charge in [-0.05, 0) is 39.9 Å². The number of hydrogen-bond acceptors (Lipinski definition) is 1. The first-order chi connectivity index (χ1) is 15.9. The van der Waals surface area contributed by atoms with Crippen LogP contribution in [0.4, 0.5) is 0 Å². The summed E-state index contributed by atoms with van der Waals surface area (Å²) < 4.78 is 0. The van der Waals surface area contributed by atoms with Gasteiger partial charge in [0, 0.05) is 34.2 Å². The first-order valence-electron chi connectivity index (χ1n) is 11.0. The van der Waals surface area contributed by atoms with Gasteiger partial charge in [0.15, 0.2) is 0 Å². The van der Waals surface area contributed by atoms with Gasteiger partial charge in [-0.1, -0.05) is 91.0 Å². The lowest BCUT2D eigenvalue weighted by molar-refractivity contribution is 0.768. The van der Waals surface area contributed by atoms with Crippen LogP contribution in [-0.2, 0) is 5.41 Å². The summed E-state index contributed by atoms with van der Waals surface area (Å²) in [5, 5.41) is 2.52. The minimum Gasteiger partial charge on any atom is -0.354 e. The van der Waals surface area contributed by atoms with Crippen LogP contribution in [0.15, 0.2) is 116 Å². The Morgan fingerprint density at radius 3 is 2.25 bits per heavy atom. The number of para-hydroxylation sites is 1. The van der Waals surface area contributed by atoms with Crippen LogP contribution in [0.3, 0.4) is 0 Å². The summed E-state index contributed by atoms with van der Waals surface area (Å²) in [7, 11) is 0. The average molecular weight is 409 g/mol. The summed E-state index contributed by atoms with van der Waals surface area (Å²) in [6, 6.07) is 37.1. The van der Waals surface area contributed by atoms with E-state index in [4.69, 9.17) is 0 Å². The molecule has 7 rings (SSSR count). The Hall–Kier alpha value is -4.17. The van der Waals surface area contributed by atoms with Gasteiger partial charge in [-0.15, -0.1) is 0 Å². The van der Waals surface area contributed by atoms with E-state index in [1.54, 1.807) is 0 Å². The molecular weight excluding hydrogens is 388 g/mol. The van der Waals surface area contributed by atoms with Crippen LogP contribution in [0.1, 0.15) is 22.3 Å². The highest BCUT2D eigenvalue weighted by atomic mass is 14.7. The molecule has 2 nitrogen and oxygen atoms in total. The van der Waals surface area contributed by atoms with Crippen molar-refractivity contribution >= 4 is 21.8 Å². The van der Waals surface area contributed by atoms with Crippen LogP contribution >= 0.6 is 0 Å². The number of aromatic amines is 1. The summed E-state index contributed by atoms with van der Waals surface area (Å²) in [5.41, 5.74) is 9.55. The summed E-state index contributed by atoms with van der Waals surface area (Å²) in [6.45, 7) is 0. The molecule has 1 N–H and O–H groups in total. The van der Waals surface area contributed by atoms with Gasteiger partial charge in [-0.25, -0.2) is 0 Å². The molecule has 4 aromatic carbocycles. The molecule has 0 saturated carbocycles. The minimum absolute atomic E-state index is 0.443. The lowest BCUT2D eigenvalue weighted by Crippen LogP contribution is -2.29. The lowest BCUT2D eigenvalue weighted by atomic mass is 9.68. The average Bonchev–Trinajstić information content (AvgIpc) is 3.39. The normalized spacial score (nSPS) is 16.9. The van der Waals surface area contributed by atoms with E-state index in [0.29, 0.717) is 0 Å². The molecule has 0 amide bonds. The lowest BCUT2D eigenvalue weighted by Gasteiger charge is -2.33. The van der Waals surface area contributed by atoms with Gasteiger partial charge in [0.1, 0.15) is 0 Å². The number of fused-ring (bicyclic) bond motifs is 7. The van der Waals surface area contributed by atoms with Crippen molar-refractivity contribution in [1.29, 1.82) is 0 Å². The smallest absolute Gasteiger partial charge is 0.0749 e. The summed E-state index contributed by atoms with van der Waals surface area (Å²) in [5.74, 6) is 0. The van der Waals surface area contributed by atoms with Crippen LogP contribution in [0.25, 0.3) is 32.9 Å². The van der Waals surface area contributed by atoms with Crippen molar-refractivity contribution in [3.05, 3.63) is 138 Å². The van der Waals surface area contributed by atoms with E-state index < -0.39 is 5.41 Å². The Bertz CT molecular complexity index is 1570. The number of nitrogens with one attached hydrogen (secondary N) is 1. The number of H-pyrrole nitrogens is 1. The molecule has 2 heteroatoms.